The third kappa shape index (κ3) is 2.02. The number of benzene rings is 1. The molecular formula is C13H15FN2O. The van der Waals surface area contributed by atoms with Crippen LogP contribution in [0.4, 0.5) is 10.2 Å². The highest BCUT2D eigenvalue weighted by atomic mass is 19.1. The molecule has 0 saturated carbocycles. The number of hydrogen-bond acceptors (Lipinski definition) is 3. The van der Waals surface area contributed by atoms with Crippen LogP contribution >= 0.6 is 0 Å². The Morgan fingerprint density at radius 2 is 2.06 bits per heavy atom. The average molecular weight is 234 g/mol. The molecule has 17 heavy (non-hydrogen) atoms. The quantitative estimate of drug-likeness (QED) is 0.865. The van der Waals surface area contributed by atoms with E-state index in [-0.39, 0.29) is 11.7 Å². The average Bonchev–Trinajstić information content (AvgIpc) is 2.64. The van der Waals surface area contributed by atoms with Gasteiger partial charge in [-0.15, -0.1) is 0 Å². The fourth-order valence-electron chi connectivity index (χ4n) is 1.87. The number of aryl methyl sites for hydroxylation is 1. The van der Waals surface area contributed by atoms with Crippen molar-refractivity contribution in [2.75, 3.05) is 5.73 Å². The zero-order valence-electron chi connectivity index (χ0n) is 10.1. The predicted molar refractivity (Wildman–Crippen MR) is 65.1 cm³/mol. The van der Waals surface area contributed by atoms with E-state index in [4.69, 9.17) is 10.3 Å². The van der Waals surface area contributed by atoms with E-state index in [9.17, 15) is 4.39 Å². The van der Waals surface area contributed by atoms with E-state index in [1.807, 2.05) is 20.8 Å². The molecule has 0 fully saturated rings. The Balaban J connectivity index is 2.64. The predicted octanol–water partition coefficient (Wildman–Crippen LogP) is 3.49. The Morgan fingerprint density at radius 1 is 1.35 bits per heavy atom. The Bertz CT molecular complexity index is 546. The first-order chi connectivity index (χ1) is 8.00. The molecule has 2 rings (SSSR count). The first kappa shape index (κ1) is 11.6. The largest absolute Gasteiger partial charge is 0.381 e. The van der Waals surface area contributed by atoms with Gasteiger partial charge in [-0.1, -0.05) is 30.6 Å². The lowest BCUT2D eigenvalue weighted by atomic mass is 9.98. The maximum absolute atomic E-state index is 13.8. The van der Waals surface area contributed by atoms with Crippen molar-refractivity contribution in [3.05, 3.63) is 35.1 Å². The standard InChI is InChI=1S/C13H15FN2O/c1-7(2)11-12(17-16-13(11)15)9-6-8(3)4-5-10(9)14/h4-7H,1-3H3,(H2,15,16). The minimum absolute atomic E-state index is 0.135. The monoisotopic (exact) mass is 234 g/mol. The van der Waals surface area contributed by atoms with Crippen LogP contribution in [-0.4, -0.2) is 5.16 Å². The van der Waals surface area contributed by atoms with E-state index in [2.05, 4.69) is 5.16 Å². The molecule has 0 amide bonds. The van der Waals surface area contributed by atoms with Gasteiger partial charge in [-0.25, -0.2) is 4.39 Å². The van der Waals surface area contributed by atoms with Crippen molar-refractivity contribution in [1.82, 2.24) is 5.16 Å². The van der Waals surface area contributed by atoms with Gasteiger partial charge in [-0.3, -0.25) is 0 Å². The second-order valence-electron chi connectivity index (χ2n) is 4.45. The summed E-state index contributed by atoms with van der Waals surface area (Å²) in [7, 11) is 0. The van der Waals surface area contributed by atoms with E-state index < -0.39 is 0 Å². The number of halogens is 1. The van der Waals surface area contributed by atoms with E-state index >= 15 is 0 Å². The number of nitrogens with zero attached hydrogens (tertiary/aromatic N) is 1. The lowest BCUT2D eigenvalue weighted by Gasteiger charge is -2.06. The van der Waals surface area contributed by atoms with E-state index in [0.29, 0.717) is 17.1 Å². The smallest absolute Gasteiger partial charge is 0.175 e. The molecule has 0 radical (unpaired) electrons. The van der Waals surface area contributed by atoms with E-state index in [0.717, 1.165) is 11.1 Å². The van der Waals surface area contributed by atoms with Crippen LogP contribution in [0.15, 0.2) is 22.7 Å². The Morgan fingerprint density at radius 3 is 2.71 bits per heavy atom. The Labute approximate surface area is 99.4 Å². The van der Waals surface area contributed by atoms with Gasteiger partial charge in [0.05, 0.1) is 5.56 Å². The van der Waals surface area contributed by atoms with Crippen molar-refractivity contribution in [2.45, 2.75) is 26.7 Å². The van der Waals surface area contributed by atoms with Crippen molar-refractivity contribution >= 4 is 5.82 Å². The lowest BCUT2D eigenvalue weighted by molar-refractivity contribution is 0.432. The molecule has 0 atom stereocenters. The number of nitrogen functional groups attached to an aromatic ring is 1. The third-order valence-corrected chi connectivity index (χ3v) is 2.70. The number of rotatable bonds is 2. The fraction of sp³-hybridized carbons (Fsp3) is 0.308. The van der Waals surface area contributed by atoms with Gasteiger partial charge in [0.2, 0.25) is 0 Å². The summed E-state index contributed by atoms with van der Waals surface area (Å²) in [6, 6.07) is 4.88. The zero-order chi connectivity index (χ0) is 12.6. The van der Waals surface area contributed by atoms with Crippen molar-refractivity contribution < 1.29 is 8.91 Å². The van der Waals surface area contributed by atoms with Crippen LogP contribution in [0.5, 0.6) is 0 Å². The molecule has 0 bridgehead atoms. The normalized spacial score (nSPS) is 11.1. The molecule has 2 N–H and O–H groups in total. The van der Waals surface area contributed by atoms with Crippen LogP contribution in [0, 0.1) is 12.7 Å². The minimum Gasteiger partial charge on any atom is -0.381 e. The topological polar surface area (TPSA) is 52.0 Å². The highest BCUT2D eigenvalue weighted by Gasteiger charge is 2.21. The number of aromatic nitrogens is 1. The molecule has 2 aromatic rings. The van der Waals surface area contributed by atoms with Crippen LogP contribution in [0.2, 0.25) is 0 Å². The minimum atomic E-state index is -0.325. The molecule has 0 aliphatic carbocycles. The second kappa shape index (κ2) is 4.20. The van der Waals surface area contributed by atoms with Crippen molar-refractivity contribution in [3.8, 4) is 11.3 Å². The summed E-state index contributed by atoms with van der Waals surface area (Å²) in [5, 5.41) is 3.72. The summed E-state index contributed by atoms with van der Waals surface area (Å²) in [6.45, 7) is 5.85. The van der Waals surface area contributed by atoms with Crippen LogP contribution in [0.1, 0.15) is 30.9 Å². The second-order valence-corrected chi connectivity index (χ2v) is 4.45. The highest BCUT2D eigenvalue weighted by molar-refractivity contribution is 5.68. The summed E-state index contributed by atoms with van der Waals surface area (Å²) >= 11 is 0. The highest BCUT2D eigenvalue weighted by Crippen LogP contribution is 2.34. The van der Waals surface area contributed by atoms with Gasteiger partial charge in [-0.2, -0.15) is 0 Å². The van der Waals surface area contributed by atoms with Crippen LogP contribution in [-0.2, 0) is 0 Å². The first-order valence-corrected chi connectivity index (χ1v) is 5.52. The summed E-state index contributed by atoms with van der Waals surface area (Å²) in [4.78, 5) is 0. The third-order valence-electron chi connectivity index (χ3n) is 2.70. The van der Waals surface area contributed by atoms with Crippen LogP contribution in [0.3, 0.4) is 0 Å². The van der Waals surface area contributed by atoms with Gasteiger partial charge < -0.3 is 10.3 Å². The summed E-state index contributed by atoms with van der Waals surface area (Å²) in [5.41, 5.74) is 7.88. The van der Waals surface area contributed by atoms with Crippen molar-refractivity contribution in [2.24, 2.45) is 0 Å². The van der Waals surface area contributed by atoms with Crippen LogP contribution < -0.4 is 5.73 Å². The molecule has 0 spiro atoms. The molecule has 3 nitrogen and oxygen atoms in total. The molecular weight excluding hydrogens is 219 g/mol. The van der Waals surface area contributed by atoms with E-state index in [1.165, 1.54) is 6.07 Å². The van der Waals surface area contributed by atoms with Gasteiger partial charge in [-0.05, 0) is 25.0 Å². The molecule has 0 aliphatic heterocycles. The zero-order valence-corrected chi connectivity index (χ0v) is 10.1. The molecule has 90 valence electrons. The molecule has 1 aromatic heterocycles. The van der Waals surface area contributed by atoms with Gasteiger partial charge in [0.1, 0.15) is 5.82 Å². The molecule has 0 aliphatic rings. The maximum atomic E-state index is 13.8. The Hall–Kier alpha value is -1.84. The number of nitrogens with two attached hydrogens (primary N) is 1. The lowest BCUT2D eigenvalue weighted by Crippen LogP contribution is -1.96. The van der Waals surface area contributed by atoms with Crippen LogP contribution in [0.25, 0.3) is 11.3 Å². The van der Waals surface area contributed by atoms with Crippen molar-refractivity contribution in [3.63, 3.8) is 0 Å². The summed E-state index contributed by atoms with van der Waals surface area (Å²) in [5.74, 6) is 0.569. The van der Waals surface area contributed by atoms with Crippen molar-refractivity contribution in [1.29, 1.82) is 0 Å². The Kier molecular flexibility index (Phi) is 2.88. The number of hydrogen-bond donors (Lipinski definition) is 1. The maximum Gasteiger partial charge on any atom is 0.175 e. The molecule has 0 saturated heterocycles. The summed E-state index contributed by atoms with van der Waals surface area (Å²) < 4.78 is 18.9. The van der Waals surface area contributed by atoms with Gasteiger partial charge in [0.25, 0.3) is 0 Å². The van der Waals surface area contributed by atoms with Gasteiger partial charge >= 0.3 is 0 Å². The summed E-state index contributed by atoms with van der Waals surface area (Å²) in [6.07, 6.45) is 0. The van der Waals surface area contributed by atoms with E-state index in [1.54, 1.807) is 12.1 Å². The first-order valence-electron chi connectivity index (χ1n) is 5.52. The molecule has 1 heterocycles. The molecule has 1 aromatic carbocycles. The van der Waals surface area contributed by atoms with Gasteiger partial charge in [0, 0.05) is 5.56 Å². The number of anilines is 1. The molecule has 4 heteroatoms. The fourth-order valence-corrected chi connectivity index (χ4v) is 1.87. The molecule has 0 unspecified atom stereocenters. The SMILES string of the molecule is Cc1ccc(F)c(-c2onc(N)c2C(C)C)c1. The van der Waals surface area contributed by atoms with Gasteiger partial charge in [0.15, 0.2) is 11.6 Å².